The van der Waals surface area contributed by atoms with Gasteiger partial charge in [0.1, 0.15) is 6.04 Å². The molecule has 2 aliphatic heterocycles. The van der Waals surface area contributed by atoms with Gasteiger partial charge in [-0.3, -0.25) is 19.3 Å². The highest BCUT2D eigenvalue weighted by Gasteiger charge is 2.34. The van der Waals surface area contributed by atoms with E-state index < -0.39 is 6.04 Å². The fraction of sp³-hybridized carbons (Fsp3) is 0.400. The third-order valence-corrected chi connectivity index (χ3v) is 6.18. The second-order valence-corrected chi connectivity index (χ2v) is 8.36. The summed E-state index contributed by atoms with van der Waals surface area (Å²) in [6.07, 6.45) is 2.50. The molecule has 0 bridgehead atoms. The van der Waals surface area contributed by atoms with Gasteiger partial charge in [-0.05, 0) is 30.5 Å². The molecule has 7 heteroatoms. The number of carbonyl (C=O) groups excluding carboxylic acids is 3. The highest BCUT2D eigenvalue weighted by molar-refractivity contribution is 5.94. The number of nitrogens with zero attached hydrogens (tertiary/aromatic N) is 1. The zero-order valence-electron chi connectivity index (χ0n) is 18.0. The maximum Gasteiger partial charge on any atom is 0.323 e. The van der Waals surface area contributed by atoms with Gasteiger partial charge in [0.25, 0.3) is 5.91 Å². The topological polar surface area (TPSA) is 87.7 Å². The minimum atomic E-state index is -0.419. The summed E-state index contributed by atoms with van der Waals surface area (Å²) < 4.78 is 5.07. The van der Waals surface area contributed by atoms with Crippen molar-refractivity contribution in [1.82, 2.24) is 15.5 Å². The zero-order chi connectivity index (χ0) is 22.3. The number of likely N-dealkylation sites (tertiary alicyclic amines) is 1. The van der Waals surface area contributed by atoms with E-state index in [1.165, 1.54) is 0 Å². The molecule has 0 unspecified atom stereocenters. The summed E-state index contributed by atoms with van der Waals surface area (Å²) in [6.45, 7) is 2.02. The number of hydrogen-bond donors (Lipinski definition) is 2. The van der Waals surface area contributed by atoms with Crippen LogP contribution in [0.1, 0.15) is 47.6 Å². The van der Waals surface area contributed by atoms with Crippen LogP contribution in [0.25, 0.3) is 0 Å². The Kier molecular flexibility index (Phi) is 7.17. The van der Waals surface area contributed by atoms with Crippen molar-refractivity contribution >= 4 is 17.8 Å². The first-order valence-corrected chi connectivity index (χ1v) is 11.2. The summed E-state index contributed by atoms with van der Waals surface area (Å²) in [7, 11) is 0. The van der Waals surface area contributed by atoms with E-state index in [9.17, 15) is 14.4 Å². The fourth-order valence-electron chi connectivity index (χ4n) is 4.41. The molecule has 2 saturated heterocycles. The van der Waals surface area contributed by atoms with Gasteiger partial charge in [0, 0.05) is 31.1 Å². The number of nitrogens with one attached hydrogen (secondary N) is 2. The molecule has 2 N–H and O–H groups in total. The quantitative estimate of drug-likeness (QED) is 0.653. The molecule has 0 radical (unpaired) electrons. The number of benzene rings is 2. The lowest BCUT2D eigenvalue weighted by atomic mass is 10.00. The van der Waals surface area contributed by atoms with Crippen molar-refractivity contribution < 1.29 is 19.1 Å². The van der Waals surface area contributed by atoms with Crippen molar-refractivity contribution in [1.29, 1.82) is 0 Å². The lowest BCUT2D eigenvalue weighted by molar-refractivity contribution is -0.142. The van der Waals surface area contributed by atoms with Crippen LogP contribution in [0.15, 0.2) is 60.7 Å². The van der Waals surface area contributed by atoms with Crippen LogP contribution in [0, 0.1) is 0 Å². The van der Waals surface area contributed by atoms with E-state index in [2.05, 4.69) is 15.5 Å². The van der Waals surface area contributed by atoms with E-state index in [-0.39, 0.29) is 36.3 Å². The number of rotatable bonds is 7. The molecule has 4 rings (SSSR count). The van der Waals surface area contributed by atoms with E-state index in [1.54, 1.807) is 12.1 Å². The van der Waals surface area contributed by atoms with Crippen LogP contribution in [-0.4, -0.2) is 54.5 Å². The molecule has 0 spiro atoms. The molecular weight excluding hydrogens is 406 g/mol. The van der Waals surface area contributed by atoms with Gasteiger partial charge < -0.3 is 15.4 Å². The predicted octanol–water partition coefficient (Wildman–Crippen LogP) is 2.44. The van der Waals surface area contributed by atoms with E-state index in [4.69, 9.17) is 4.74 Å². The van der Waals surface area contributed by atoms with Crippen LogP contribution in [0.4, 0.5) is 0 Å². The second kappa shape index (κ2) is 10.4. The van der Waals surface area contributed by atoms with Crippen molar-refractivity contribution in [3.63, 3.8) is 0 Å². The maximum atomic E-state index is 12.9. The molecule has 2 heterocycles. The Bertz CT molecular complexity index is 927. The third-order valence-electron chi connectivity index (χ3n) is 6.18. The van der Waals surface area contributed by atoms with E-state index in [1.807, 2.05) is 48.5 Å². The number of esters is 1. The number of cyclic esters (lactones) is 1. The molecule has 2 aromatic rings. The number of piperidine rings is 1. The monoisotopic (exact) mass is 435 g/mol. The smallest absolute Gasteiger partial charge is 0.323 e. The predicted molar refractivity (Wildman–Crippen MR) is 120 cm³/mol. The highest BCUT2D eigenvalue weighted by atomic mass is 16.5. The number of ether oxygens (including phenoxy) is 1. The number of hydrogen-bond acceptors (Lipinski definition) is 5. The fourth-order valence-corrected chi connectivity index (χ4v) is 4.41. The summed E-state index contributed by atoms with van der Waals surface area (Å²) >= 11 is 0. The summed E-state index contributed by atoms with van der Waals surface area (Å²) in [5.41, 5.74) is 1.45. The molecule has 2 fully saturated rings. The molecule has 0 aromatic heterocycles. The molecule has 7 nitrogen and oxygen atoms in total. The minimum absolute atomic E-state index is 0.0671. The van der Waals surface area contributed by atoms with Gasteiger partial charge in [0.2, 0.25) is 5.91 Å². The molecule has 0 saturated carbocycles. The van der Waals surface area contributed by atoms with Gasteiger partial charge in [-0.2, -0.15) is 0 Å². The van der Waals surface area contributed by atoms with Crippen molar-refractivity contribution in [3.8, 4) is 0 Å². The molecule has 2 atom stereocenters. The average Bonchev–Trinajstić information content (AvgIpc) is 3.26. The Labute approximate surface area is 188 Å². The molecule has 2 aliphatic rings. The Morgan fingerprint density at radius 3 is 2.25 bits per heavy atom. The molecule has 168 valence electrons. The normalized spacial score (nSPS) is 20.4. The summed E-state index contributed by atoms with van der Waals surface area (Å²) in [6, 6.07) is 18.1. The van der Waals surface area contributed by atoms with Crippen molar-refractivity contribution in [2.45, 2.75) is 43.8 Å². The van der Waals surface area contributed by atoms with Gasteiger partial charge in [-0.15, -0.1) is 0 Å². The first-order valence-electron chi connectivity index (χ1n) is 11.2. The standard InChI is InChI=1S/C25H29N3O4/c29-23(26-20-11-14-28(15-12-20)22-13-16-32-25(22)31)17-21(18-7-3-1-4-8-18)27-24(30)19-9-5-2-6-10-19/h1-10,20-22H,11-17H2,(H,26,29)(H,27,30)/t21-,22+/m1/s1. The first kappa shape index (κ1) is 22.0. The first-order chi connectivity index (χ1) is 15.6. The summed E-state index contributed by atoms with van der Waals surface area (Å²) in [4.78, 5) is 39.5. The van der Waals surface area contributed by atoms with Crippen molar-refractivity contribution in [2.24, 2.45) is 0 Å². The zero-order valence-corrected chi connectivity index (χ0v) is 18.0. The van der Waals surface area contributed by atoms with Crippen LogP contribution < -0.4 is 10.6 Å². The third kappa shape index (κ3) is 5.53. The van der Waals surface area contributed by atoms with Gasteiger partial charge in [0.05, 0.1) is 19.1 Å². The average molecular weight is 436 g/mol. The molecule has 2 aromatic carbocycles. The van der Waals surface area contributed by atoms with Crippen LogP contribution in [0.3, 0.4) is 0 Å². The van der Waals surface area contributed by atoms with Gasteiger partial charge in [0.15, 0.2) is 0 Å². The van der Waals surface area contributed by atoms with E-state index >= 15 is 0 Å². The molecule has 32 heavy (non-hydrogen) atoms. The maximum absolute atomic E-state index is 12.9. The highest BCUT2D eigenvalue weighted by Crippen LogP contribution is 2.21. The van der Waals surface area contributed by atoms with Crippen LogP contribution in [0.2, 0.25) is 0 Å². The van der Waals surface area contributed by atoms with E-state index in [0.29, 0.717) is 12.2 Å². The van der Waals surface area contributed by atoms with Crippen LogP contribution >= 0.6 is 0 Å². The van der Waals surface area contributed by atoms with Crippen LogP contribution in [0.5, 0.6) is 0 Å². The van der Waals surface area contributed by atoms with Gasteiger partial charge in [-0.1, -0.05) is 48.5 Å². The Balaban J connectivity index is 1.33. The summed E-state index contributed by atoms with van der Waals surface area (Å²) in [5, 5.41) is 6.13. The number of amides is 2. The molecule has 2 amide bonds. The number of carbonyl (C=O) groups is 3. The van der Waals surface area contributed by atoms with Crippen molar-refractivity contribution in [3.05, 3.63) is 71.8 Å². The largest absolute Gasteiger partial charge is 0.464 e. The molecule has 0 aliphatic carbocycles. The SMILES string of the molecule is O=C(C[C@@H](NC(=O)c1ccccc1)c1ccccc1)NC1CCN([C@H]2CCOC2=O)CC1. The van der Waals surface area contributed by atoms with Gasteiger partial charge >= 0.3 is 5.97 Å². The molecular formula is C25H29N3O4. The van der Waals surface area contributed by atoms with Crippen molar-refractivity contribution in [2.75, 3.05) is 19.7 Å². The lowest BCUT2D eigenvalue weighted by Gasteiger charge is -2.34. The second-order valence-electron chi connectivity index (χ2n) is 8.36. The minimum Gasteiger partial charge on any atom is -0.464 e. The summed E-state index contributed by atoms with van der Waals surface area (Å²) in [5.74, 6) is -0.428. The Morgan fingerprint density at radius 2 is 1.62 bits per heavy atom. The Morgan fingerprint density at radius 1 is 0.969 bits per heavy atom. The van der Waals surface area contributed by atoms with Crippen LogP contribution in [-0.2, 0) is 14.3 Å². The van der Waals surface area contributed by atoms with E-state index in [0.717, 1.165) is 37.9 Å². The Hall–Kier alpha value is -3.19. The lowest BCUT2D eigenvalue weighted by Crippen LogP contribution is -2.49. The van der Waals surface area contributed by atoms with Gasteiger partial charge in [-0.25, -0.2) is 0 Å².